The largest absolute Gasteiger partial charge is 0.399 e. The first-order valence-corrected chi connectivity index (χ1v) is 8.37. The lowest BCUT2D eigenvalue weighted by Crippen LogP contribution is -2.27. The van der Waals surface area contributed by atoms with Crippen molar-refractivity contribution >= 4 is 34.8 Å². The third-order valence-corrected chi connectivity index (χ3v) is 4.74. The van der Waals surface area contributed by atoms with Crippen molar-refractivity contribution in [2.24, 2.45) is 5.92 Å². The van der Waals surface area contributed by atoms with Gasteiger partial charge < -0.3 is 11.1 Å². The molecule has 1 aliphatic rings. The third-order valence-electron chi connectivity index (χ3n) is 4.18. The van der Waals surface area contributed by atoms with Crippen LogP contribution in [-0.2, 0) is 11.2 Å². The summed E-state index contributed by atoms with van der Waals surface area (Å²) in [6.07, 6.45) is 1.64. The van der Waals surface area contributed by atoms with Crippen molar-refractivity contribution in [3.8, 4) is 0 Å². The van der Waals surface area contributed by atoms with Crippen molar-refractivity contribution in [1.29, 1.82) is 0 Å². The standard InChI is InChI=1S/C18H18Cl2N2O/c19-12-3-6-14(17(20)9-12)15-10-16(15)18(23)22-8-7-11-1-4-13(21)5-2-11/h1-6,9,15-16H,7-8,10,21H2,(H,22,23). The van der Waals surface area contributed by atoms with Crippen LogP contribution in [0.25, 0.3) is 0 Å². The lowest BCUT2D eigenvalue weighted by molar-refractivity contribution is -0.122. The number of rotatable bonds is 5. The summed E-state index contributed by atoms with van der Waals surface area (Å²) >= 11 is 12.1. The second-order valence-electron chi connectivity index (χ2n) is 5.90. The van der Waals surface area contributed by atoms with Gasteiger partial charge in [0.05, 0.1) is 0 Å². The molecule has 1 amide bonds. The number of hydrogen-bond acceptors (Lipinski definition) is 2. The molecule has 0 bridgehead atoms. The van der Waals surface area contributed by atoms with E-state index in [4.69, 9.17) is 28.9 Å². The average Bonchev–Trinajstić information content (AvgIpc) is 3.29. The van der Waals surface area contributed by atoms with Crippen molar-refractivity contribution in [1.82, 2.24) is 5.32 Å². The number of nitrogen functional groups attached to an aromatic ring is 1. The molecule has 3 N–H and O–H groups in total. The molecule has 0 saturated heterocycles. The fourth-order valence-electron chi connectivity index (χ4n) is 2.78. The molecule has 0 aliphatic heterocycles. The maximum Gasteiger partial charge on any atom is 0.223 e. The highest BCUT2D eigenvalue weighted by Crippen LogP contribution is 2.49. The molecule has 23 heavy (non-hydrogen) atoms. The van der Waals surface area contributed by atoms with Crippen LogP contribution in [0.2, 0.25) is 10.0 Å². The zero-order chi connectivity index (χ0) is 16.4. The Morgan fingerprint density at radius 3 is 2.61 bits per heavy atom. The third kappa shape index (κ3) is 3.98. The van der Waals surface area contributed by atoms with E-state index in [0.717, 1.165) is 29.7 Å². The molecular weight excluding hydrogens is 331 g/mol. The van der Waals surface area contributed by atoms with Gasteiger partial charge in [0.25, 0.3) is 0 Å². The van der Waals surface area contributed by atoms with E-state index in [2.05, 4.69) is 5.32 Å². The highest BCUT2D eigenvalue weighted by molar-refractivity contribution is 6.35. The minimum atomic E-state index is 0.0140. The molecule has 3 rings (SSSR count). The van der Waals surface area contributed by atoms with Gasteiger partial charge in [0, 0.05) is 28.2 Å². The van der Waals surface area contributed by atoms with Crippen LogP contribution in [0.3, 0.4) is 0 Å². The van der Waals surface area contributed by atoms with Gasteiger partial charge in [-0.1, -0.05) is 41.4 Å². The van der Waals surface area contributed by atoms with Crippen LogP contribution in [-0.4, -0.2) is 12.5 Å². The molecule has 0 spiro atoms. The summed E-state index contributed by atoms with van der Waals surface area (Å²) in [5, 5.41) is 4.25. The maximum absolute atomic E-state index is 12.2. The van der Waals surface area contributed by atoms with E-state index in [-0.39, 0.29) is 17.7 Å². The quantitative estimate of drug-likeness (QED) is 0.801. The molecular formula is C18H18Cl2N2O. The van der Waals surface area contributed by atoms with Gasteiger partial charge in [-0.2, -0.15) is 0 Å². The number of halogens is 2. The Kier molecular flexibility index (Phi) is 4.79. The fourth-order valence-corrected chi connectivity index (χ4v) is 3.32. The zero-order valence-corrected chi connectivity index (χ0v) is 14.1. The molecule has 3 nitrogen and oxygen atoms in total. The minimum absolute atomic E-state index is 0.0140. The summed E-state index contributed by atoms with van der Waals surface area (Å²) in [7, 11) is 0. The number of carbonyl (C=O) groups excluding carboxylic acids is 1. The number of benzene rings is 2. The van der Waals surface area contributed by atoms with Gasteiger partial charge in [-0.05, 0) is 54.2 Å². The van der Waals surface area contributed by atoms with Crippen molar-refractivity contribution in [2.75, 3.05) is 12.3 Å². The van der Waals surface area contributed by atoms with E-state index in [1.165, 1.54) is 0 Å². The van der Waals surface area contributed by atoms with E-state index in [1.807, 2.05) is 36.4 Å². The number of amides is 1. The van der Waals surface area contributed by atoms with Gasteiger partial charge in [-0.3, -0.25) is 4.79 Å². The molecule has 2 aromatic carbocycles. The molecule has 120 valence electrons. The summed E-state index contributed by atoms with van der Waals surface area (Å²) in [4.78, 5) is 12.2. The predicted octanol–water partition coefficient (Wildman–Crippen LogP) is 4.04. The molecule has 0 radical (unpaired) electrons. The van der Waals surface area contributed by atoms with E-state index in [1.54, 1.807) is 6.07 Å². The summed E-state index contributed by atoms with van der Waals surface area (Å²) in [6, 6.07) is 13.2. The zero-order valence-electron chi connectivity index (χ0n) is 12.6. The number of anilines is 1. The first-order valence-electron chi connectivity index (χ1n) is 7.61. The Morgan fingerprint density at radius 1 is 1.17 bits per heavy atom. The fraction of sp³-hybridized carbons (Fsp3) is 0.278. The molecule has 0 heterocycles. The topological polar surface area (TPSA) is 55.1 Å². The van der Waals surface area contributed by atoms with Crippen LogP contribution >= 0.6 is 23.2 Å². The molecule has 1 fully saturated rings. The van der Waals surface area contributed by atoms with E-state index < -0.39 is 0 Å². The molecule has 1 saturated carbocycles. The van der Waals surface area contributed by atoms with Gasteiger partial charge in [-0.15, -0.1) is 0 Å². The van der Waals surface area contributed by atoms with E-state index in [0.29, 0.717) is 16.6 Å². The number of nitrogens with one attached hydrogen (secondary N) is 1. The Bertz CT molecular complexity index is 715. The van der Waals surface area contributed by atoms with Gasteiger partial charge in [0.1, 0.15) is 0 Å². The maximum atomic E-state index is 12.2. The summed E-state index contributed by atoms with van der Waals surface area (Å²) < 4.78 is 0. The Morgan fingerprint density at radius 2 is 1.91 bits per heavy atom. The Labute approximate surface area is 145 Å². The summed E-state index contributed by atoms with van der Waals surface area (Å²) in [5.41, 5.74) is 8.57. The highest BCUT2D eigenvalue weighted by Gasteiger charge is 2.44. The summed E-state index contributed by atoms with van der Waals surface area (Å²) in [5.74, 6) is 0.313. The van der Waals surface area contributed by atoms with Crippen LogP contribution in [0, 0.1) is 5.92 Å². The number of carbonyl (C=O) groups is 1. The normalized spacial score (nSPS) is 19.4. The van der Waals surface area contributed by atoms with Crippen molar-refractivity contribution in [2.45, 2.75) is 18.8 Å². The number of hydrogen-bond donors (Lipinski definition) is 2. The first kappa shape index (κ1) is 16.2. The second kappa shape index (κ2) is 6.81. The van der Waals surface area contributed by atoms with Crippen LogP contribution < -0.4 is 11.1 Å². The second-order valence-corrected chi connectivity index (χ2v) is 6.74. The van der Waals surface area contributed by atoms with Crippen LogP contribution in [0.15, 0.2) is 42.5 Å². The first-order chi connectivity index (χ1) is 11.0. The molecule has 2 atom stereocenters. The number of nitrogens with two attached hydrogens (primary N) is 1. The van der Waals surface area contributed by atoms with Crippen LogP contribution in [0.5, 0.6) is 0 Å². The van der Waals surface area contributed by atoms with Gasteiger partial charge in [0.2, 0.25) is 5.91 Å². The van der Waals surface area contributed by atoms with Crippen molar-refractivity contribution in [3.05, 3.63) is 63.6 Å². The lowest BCUT2D eigenvalue weighted by atomic mass is 10.1. The Hall–Kier alpha value is -1.71. The van der Waals surface area contributed by atoms with E-state index >= 15 is 0 Å². The van der Waals surface area contributed by atoms with E-state index in [9.17, 15) is 4.79 Å². The smallest absolute Gasteiger partial charge is 0.223 e. The van der Waals surface area contributed by atoms with Crippen molar-refractivity contribution in [3.63, 3.8) is 0 Å². The van der Waals surface area contributed by atoms with Gasteiger partial charge in [-0.25, -0.2) is 0 Å². The Balaban J connectivity index is 1.49. The lowest BCUT2D eigenvalue weighted by Gasteiger charge is -2.07. The molecule has 5 heteroatoms. The van der Waals surface area contributed by atoms with Crippen molar-refractivity contribution < 1.29 is 4.79 Å². The average molecular weight is 349 g/mol. The molecule has 2 aromatic rings. The highest BCUT2D eigenvalue weighted by atomic mass is 35.5. The molecule has 0 aromatic heterocycles. The van der Waals surface area contributed by atoms with Crippen LogP contribution in [0.1, 0.15) is 23.5 Å². The molecule has 2 unspecified atom stereocenters. The minimum Gasteiger partial charge on any atom is -0.399 e. The van der Waals surface area contributed by atoms with Crippen LogP contribution in [0.4, 0.5) is 5.69 Å². The summed E-state index contributed by atoms with van der Waals surface area (Å²) in [6.45, 7) is 0.625. The predicted molar refractivity (Wildman–Crippen MR) is 94.9 cm³/mol. The monoisotopic (exact) mass is 348 g/mol. The molecule has 1 aliphatic carbocycles. The van der Waals surface area contributed by atoms with Gasteiger partial charge in [0.15, 0.2) is 0 Å². The van der Waals surface area contributed by atoms with Gasteiger partial charge >= 0.3 is 0 Å². The SMILES string of the molecule is Nc1ccc(CCNC(=O)C2CC2c2ccc(Cl)cc2Cl)cc1.